The van der Waals surface area contributed by atoms with Gasteiger partial charge in [0.25, 0.3) is 0 Å². The number of rotatable bonds is 74. The SMILES string of the molecule is CCCCCCCCCCCCCCCCCCCCCCC(=O)O[C@H](COC(=O)CCCCCCCCCCCCCCCC)COP(=O)(O)OC[C@@H](O)COP(=O)(O)OC[C@@H](COC(=O)CCCCCCCCCCC)OC(=O)CCCCCCCCCCC. The number of esters is 4. The Bertz CT molecular complexity index is 1760. The van der Waals surface area contributed by atoms with E-state index in [0.717, 1.165) is 89.9 Å². The highest BCUT2D eigenvalue weighted by atomic mass is 31.2. The van der Waals surface area contributed by atoms with Crippen molar-refractivity contribution in [2.45, 2.75) is 406 Å². The van der Waals surface area contributed by atoms with Gasteiger partial charge in [0.15, 0.2) is 12.2 Å². The van der Waals surface area contributed by atoms with Gasteiger partial charge in [0.1, 0.15) is 19.3 Å². The van der Waals surface area contributed by atoms with Crippen LogP contribution < -0.4 is 0 Å². The van der Waals surface area contributed by atoms with Gasteiger partial charge in [-0.15, -0.1) is 0 Å². The fraction of sp³-hybridized carbons (Fsp3) is 0.945. The van der Waals surface area contributed by atoms with Gasteiger partial charge in [0.2, 0.25) is 0 Å². The zero-order valence-electron chi connectivity index (χ0n) is 59.5. The van der Waals surface area contributed by atoms with Crippen LogP contribution in [0.5, 0.6) is 0 Å². The number of phosphoric acid groups is 2. The van der Waals surface area contributed by atoms with Gasteiger partial charge < -0.3 is 33.8 Å². The summed E-state index contributed by atoms with van der Waals surface area (Å²) in [5.74, 6) is -2.12. The zero-order valence-corrected chi connectivity index (χ0v) is 61.3. The van der Waals surface area contributed by atoms with Crippen LogP contribution in [0, 0.1) is 0 Å². The molecule has 2 unspecified atom stereocenters. The second kappa shape index (κ2) is 67.6. The first-order valence-corrected chi connectivity index (χ1v) is 41.3. The summed E-state index contributed by atoms with van der Waals surface area (Å²) >= 11 is 0. The van der Waals surface area contributed by atoms with E-state index in [1.54, 1.807) is 0 Å². The summed E-state index contributed by atoms with van der Waals surface area (Å²) < 4.78 is 68.3. The van der Waals surface area contributed by atoms with E-state index in [-0.39, 0.29) is 25.7 Å². The van der Waals surface area contributed by atoms with E-state index in [1.807, 2.05) is 0 Å². The van der Waals surface area contributed by atoms with Crippen LogP contribution in [0.15, 0.2) is 0 Å². The highest BCUT2D eigenvalue weighted by molar-refractivity contribution is 7.47. The maximum absolute atomic E-state index is 13.1. The third-order valence-electron chi connectivity index (χ3n) is 17.1. The molecular weight excluding hydrogens is 1210 g/mol. The molecule has 5 atom stereocenters. The summed E-state index contributed by atoms with van der Waals surface area (Å²) in [7, 11) is -9.90. The highest BCUT2D eigenvalue weighted by Crippen LogP contribution is 2.45. The minimum absolute atomic E-state index is 0.106. The molecular formula is C73H142O17P2. The van der Waals surface area contributed by atoms with Crippen LogP contribution in [0.1, 0.15) is 387 Å². The fourth-order valence-corrected chi connectivity index (χ4v) is 12.8. The average Bonchev–Trinajstić information content (AvgIpc) is 2.84. The lowest BCUT2D eigenvalue weighted by atomic mass is 10.0. The van der Waals surface area contributed by atoms with Crippen LogP contribution in [0.2, 0.25) is 0 Å². The van der Waals surface area contributed by atoms with Crippen molar-refractivity contribution in [3.8, 4) is 0 Å². The molecule has 0 heterocycles. The van der Waals surface area contributed by atoms with Gasteiger partial charge in [0, 0.05) is 25.7 Å². The van der Waals surface area contributed by atoms with Crippen molar-refractivity contribution in [3.05, 3.63) is 0 Å². The minimum atomic E-state index is -4.95. The summed E-state index contributed by atoms with van der Waals surface area (Å²) in [6.45, 7) is 4.93. The van der Waals surface area contributed by atoms with Gasteiger partial charge in [-0.25, -0.2) is 9.13 Å². The summed E-state index contributed by atoms with van der Waals surface area (Å²) in [6.07, 6.45) is 57.0. The summed E-state index contributed by atoms with van der Waals surface area (Å²) in [5, 5.41) is 10.6. The normalized spacial score (nSPS) is 13.9. The molecule has 0 rings (SSSR count). The second-order valence-electron chi connectivity index (χ2n) is 26.3. The van der Waals surface area contributed by atoms with E-state index in [2.05, 4.69) is 27.7 Å². The molecule has 19 heteroatoms. The first-order valence-electron chi connectivity index (χ1n) is 38.3. The lowest BCUT2D eigenvalue weighted by Crippen LogP contribution is -2.30. The van der Waals surface area contributed by atoms with E-state index in [9.17, 15) is 43.2 Å². The molecule has 0 aliphatic rings. The van der Waals surface area contributed by atoms with Crippen molar-refractivity contribution < 1.29 is 80.2 Å². The van der Waals surface area contributed by atoms with Gasteiger partial charge in [-0.05, 0) is 25.7 Å². The maximum atomic E-state index is 13.1. The van der Waals surface area contributed by atoms with E-state index < -0.39 is 97.5 Å². The second-order valence-corrected chi connectivity index (χ2v) is 29.2. The predicted molar refractivity (Wildman–Crippen MR) is 372 cm³/mol. The Morgan fingerprint density at radius 2 is 0.435 bits per heavy atom. The highest BCUT2D eigenvalue weighted by Gasteiger charge is 2.30. The van der Waals surface area contributed by atoms with Crippen LogP contribution in [0.25, 0.3) is 0 Å². The molecule has 0 fully saturated rings. The molecule has 0 aliphatic heterocycles. The largest absolute Gasteiger partial charge is 0.472 e. The van der Waals surface area contributed by atoms with Crippen molar-refractivity contribution >= 4 is 39.5 Å². The fourth-order valence-electron chi connectivity index (χ4n) is 11.2. The zero-order chi connectivity index (χ0) is 67.5. The van der Waals surface area contributed by atoms with Crippen LogP contribution in [-0.2, 0) is 65.4 Å². The quantitative estimate of drug-likeness (QED) is 0.0222. The van der Waals surface area contributed by atoms with E-state index in [1.165, 1.54) is 218 Å². The molecule has 0 aromatic rings. The van der Waals surface area contributed by atoms with Crippen molar-refractivity contribution in [2.24, 2.45) is 0 Å². The number of aliphatic hydroxyl groups is 1. The van der Waals surface area contributed by atoms with Crippen LogP contribution in [0.3, 0.4) is 0 Å². The number of unbranched alkanes of at least 4 members (excludes halogenated alkanes) is 48. The van der Waals surface area contributed by atoms with Gasteiger partial charge in [0.05, 0.1) is 26.4 Å². The summed E-state index contributed by atoms with van der Waals surface area (Å²) in [6, 6.07) is 0. The molecule has 0 saturated carbocycles. The number of phosphoric ester groups is 2. The standard InChI is InChI=1S/C73H142O17P2/c1-5-9-13-17-21-25-27-29-31-32-33-34-35-36-38-40-44-48-52-56-60-73(78)90-69(64-84-71(76)58-54-50-46-43-39-37-30-28-26-22-18-14-10-6-2)66-88-92(81,82)86-62-67(74)61-85-91(79,80)87-65-68(89-72(77)59-55-51-47-42-24-20-16-12-8-4)63-83-70(75)57-53-49-45-41-23-19-15-11-7-3/h67-69,74H,5-66H2,1-4H3,(H,79,80)(H,81,82)/t67-,68+,69+/m0/s1. The van der Waals surface area contributed by atoms with E-state index in [0.29, 0.717) is 25.7 Å². The van der Waals surface area contributed by atoms with Crippen LogP contribution in [0.4, 0.5) is 0 Å². The topological polar surface area (TPSA) is 237 Å². The van der Waals surface area contributed by atoms with E-state index in [4.69, 9.17) is 37.0 Å². The molecule has 0 spiro atoms. The Morgan fingerprint density at radius 3 is 0.641 bits per heavy atom. The Morgan fingerprint density at radius 1 is 0.261 bits per heavy atom. The van der Waals surface area contributed by atoms with Crippen molar-refractivity contribution in [2.75, 3.05) is 39.6 Å². The van der Waals surface area contributed by atoms with Gasteiger partial charge >= 0.3 is 39.5 Å². The summed E-state index contributed by atoms with van der Waals surface area (Å²) in [4.78, 5) is 72.5. The number of carbonyl (C=O) groups is 4. The predicted octanol–water partition coefficient (Wildman–Crippen LogP) is 21.4. The number of ether oxygens (including phenoxy) is 4. The van der Waals surface area contributed by atoms with Crippen molar-refractivity contribution in [3.63, 3.8) is 0 Å². The molecule has 3 N–H and O–H groups in total. The molecule has 0 aliphatic carbocycles. The first-order chi connectivity index (χ1) is 44.7. The minimum Gasteiger partial charge on any atom is -0.462 e. The lowest BCUT2D eigenvalue weighted by molar-refractivity contribution is -0.161. The summed E-state index contributed by atoms with van der Waals surface area (Å²) in [5.41, 5.74) is 0. The maximum Gasteiger partial charge on any atom is 0.472 e. The third-order valence-corrected chi connectivity index (χ3v) is 19.0. The number of carbonyl (C=O) groups excluding carboxylic acids is 4. The number of aliphatic hydroxyl groups excluding tert-OH is 1. The monoisotopic (exact) mass is 1350 g/mol. The van der Waals surface area contributed by atoms with Gasteiger partial charge in [-0.3, -0.25) is 37.3 Å². The number of hydrogen-bond donors (Lipinski definition) is 3. The molecule has 546 valence electrons. The average molecular weight is 1350 g/mol. The smallest absolute Gasteiger partial charge is 0.462 e. The third kappa shape index (κ3) is 66.7. The molecule has 0 aromatic heterocycles. The van der Waals surface area contributed by atoms with Gasteiger partial charge in [-0.2, -0.15) is 0 Å². The Labute approximate surface area is 562 Å². The van der Waals surface area contributed by atoms with E-state index >= 15 is 0 Å². The lowest BCUT2D eigenvalue weighted by Gasteiger charge is -2.21. The molecule has 92 heavy (non-hydrogen) atoms. The first kappa shape index (κ1) is 90.1. The van der Waals surface area contributed by atoms with Crippen molar-refractivity contribution in [1.82, 2.24) is 0 Å². The molecule has 0 aromatic carbocycles. The number of hydrogen-bond acceptors (Lipinski definition) is 15. The van der Waals surface area contributed by atoms with Crippen molar-refractivity contribution in [1.29, 1.82) is 0 Å². The molecule has 0 radical (unpaired) electrons. The Balaban J connectivity index is 5.17. The van der Waals surface area contributed by atoms with Crippen LogP contribution >= 0.6 is 15.6 Å². The molecule has 0 amide bonds. The molecule has 0 saturated heterocycles. The van der Waals surface area contributed by atoms with Gasteiger partial charge in [-0.1, -0.05) is 336 Å². The Kier molecular flexibility index (Phi) is 66.2. The Hall–Kier alpha value is -1.94. The molecule has 0 bridgehead atoms. The molecule has 17 nitrogen and oxygen atoms in total. The van der Waals surface area contributed by atoms with Crippen LogP contribution in [-0.4, -0.2) is 96.7 Å².